The molecule has 1 fully saturated rings. The normalized spacial score (nSPS) is 13.3. The van der Waals surface area contributed by atoms with Gasteiger partial charge in [-0.2, -0.15) is 0 Å². The number of thioether (sulfide) groups is 1. The van der Waals surface area contributed by atoms with E-state index < -0.39 is 0 Å². The molecule has 1 aromatic carbocycles. The Labute approximate surface area is 156 Å². The van der Waals surface area contributed by atoms with Crippen molar-refractivity contribution in [2.75, 3.05) is 13.6 Å². The lowest BCUT2D eigenvalue weighted by Crippen LogP contribution is -2.39. The van der Waals surface area contributed by atoms with Crippen LogP contribution in [0.1, 0.15) is 28.8 Å². The number of nitrogens with zero attached hydrogens (tertiary/aromatic N) is 2. The summed E-state index contributed by atoms with van der Waals surface area (Å²) in [5.41, 5.74) is 1.40. The van der Waals surface area contributed by atoms with Crippen LogP contribution in [0.3, 0.4) is 0 Å². The molecule has 1 aromatic heterocycles. The molecule has 1 aliphatic rings. The first-order valence-electron chi connectivity index (χ1n) is 8.40. The number of rotatable bonds is 7. The molecule has 136 valence electrons. The average Bonchev–Trinajstić information content (AvgIpc) is 3.44. The average molecular weight is 373 g/mol. The molecule has 5 nitrogen and oxygen atoms in total. The van der Waals surface area contributed by atoms with E-state index in [-0.39, 0.29) is 30.2 Å². The van der Waals surface area contributed by atoms with Gasteiger partial charge in [0.2, 0.25) is 5.91 Å². The van der Waals surface area contributed by atoms with Gasteiger partial charge in [-0.05, 0) is 42.7 Å². The minimum absolute atomic E-state index is 0.0201. The van der Waals surface area contributed by atoms with Crippen molar-refractivity contribution in [1.29, 1.82) is 0 Å². The number of pyridine rings is 1. The number of halogens is 1. The van der Waals surface area contributed by atoms with Crippen LogP contribution in [0, 0.1) is 5.82 Å². The quantitative estimate of drug-likeness (QED) is 0.758. The number of nitrogens with one attached hydrogen (secondary N) is 1. The molecule has 2 aromatic rings. The lowest BCUT2D eigenvalue weighted by Gasteiger charge is -2.18. The maximum Gasteiger partial charge on any atom is 0.256 e. The molecule has 0 unspecified atom stereocenters. The summed E-state index contributed by atoms with van der Waals surface area (Å²) in [5, 5.41) is 3.47. The summed E-state index contributed by atoms with van der Waals surface area (Å²) in [4.78, 5) is 30.3. The monoisotopic (exact) mass is 373 g/mol. The van der Waals surface area contributed by atoms with Gasteiger partial charge in [-0.1, -0.05) is 12.1 Å². The zero-order valence-corrected chi connectivity index (χ0v) is 15.3. The predicted octanol–water partition coefficient (Wildman–Crippen LogP) is 2.86. The molecule has 1 N–H and O–H groups in total. The van der Waals surface area contributed by atoms with E-state index in [4.69, 9.17) is 0 Å². The molecule has 0 atom stereocenters. The van der Waals surface area contributed by atoms with Crippen LogP contribution in [0.25, 0.3) is 0 Å². The van der Waals surface area contributed by atoms with Gasteiger partial charge in [0.25, 0.3) is 5.91 Å². The first-order valence-corrected chi connectivity index (χ1v) is 9.38. The summed E-state index contributed by atoms with van der Waals surface area (Å²) in [5.74, 6) is -0.0966. The zero-order valence-electron chi connectivity index (χ0n) is 14.4. The summed E-state index contributed by atoms with van der Waals surface area (Å²) in [6.45, 7) is 0.0201. The van der Waals surface area contributed by atoms with Gasteiger partial charge in [0.05, 0.1) is 12.1 Å². The van der Waals surface area contributed by atoms with Crippen molar-refractivity contribution in [3.05, 3.63) is 59.5 Å². The lowest BCUT2D eigenvalue weighted by molar-refractivity contribution is -0.121. The van der Waals surface area contributed by atoms with Crippen molar-refractivity contribution < 1.29 is 14.0 Å². The third-order valence-electron chi connectivity index (χ3n) is 3.96. The minimum Gasteiger partial charge on any atom is -0.352 e. The third-order valence-corrected chi connectivity index (χ3v) is 5.04. The first kappa shape index (κ1) is 18.4. The Bertz CT molecular complexity index is 794. The van der Waals surface area contributed by atoms with Gasteiger partial charge in [-0.3, -0.25) is 9.59 Å². The molecule has 0 radical (unpaired) electrons. The summed E-state index contributed by atoms with van der Waals surface area (Å²) in [6, 6.07) is 9.91. The summed E-state index contributed by atoms with van der Waals surface area (Å²) in [6.07, 6.45) is 3.65. The second-order valence-corrected chi connectivity index (χ2v) is 7.24. The van der Waals surface area contributed by atoms with Crippen molar-refractivity contribution in [2.45, 2.75) is 29.7 Å². The smallest absolute Gasteiger partial charge is 0.256 e. The Balaban J connectivity index is 1.63. The molecular formula is C19H20FN3O2S. The lowest BCUT2D eigenvalue weighted by atomic mass is 10.2. The van der Waals surface area contributed by atoms with Crippen LogP contribution in [0.2, 0.25) is 0 Å². The molecule has 0 aliphatic heterocycles. The number of carbonyl (C=O) groups is 2. The minimum atomic E-state index is -0.279. The van der Waals surface area contributed by atoms with E-state index in [9.17, 15) is 14.0 Å². The van der Waals surface area contributed by atoms with Gasteiger partial charge in [-0.15, -0.1) is 11.8 Å². The van der Waals surface area contributed by atoms with Crippen LogP contribution in [0.5, 0.6) is 0 Å². The highest BCUT2D eigenvalue weighted by Gasteiger charge is 2.25. The number of aromatic nitrogens is 1. The van der Waals surface area contributed by atoms with Gasteiger partial charge >= 0.3 is 0 Å². The molecule has 3 rings (SSSR count). The second-order valence-electron chi connectivity index (χ2n) is 6.27. The maximum atomic E-state index is 13.0. The Kier molecular flexibility index (Phi) is 5.88. The highest BCUT2D eigenvalue weighted by atomic mass is 32.2. The Morgan fingerprint density at radius 3 is 2.69 bits per heavy atom. The van der Waals surface area contributed by atoms with Crippen LogP contribution >= 0.6 is 11.8 Å². The number of carbonyl (C=O) groups excluding carboxylic acids is 2. The number of hydrogen-bond acceptors (Lipinski definition) is 4. The number of likely N-dealkylation sites (N-methyl/N-ethyl adjacent to an activating group) is 1. The molecule has 1 heterocycles. The van der Waals surface area contributed by atoms with Crippen LogP contribution < -0.4 is 5.32 Å². The molecule has 2 amide bonds. The molecule has 0 spiro atoms. The molecule has 7 heteroatoms. The molecule has 0 bridgehead atoms. The van der Waals surface area contributed by atoms with E-state index in [1.807, 2.05) is 0 Å². The van der Waals surface area contributed by atoms with Gasteiger partial charge in [0.1, 0.15) is 10.8 Å². The van der Waals surface area contributed by atoms with Crippen LogP contribution in [-0.2, 0) is 10.5 Å². The summed E-state index contributed by atoms with van der Waals surface area (Å²) >= 11 is 1.41. The van der Waals surface area contributed by atoms with Crippen molar-refractivity contribution >= 4 is 23.6 Å². The zero-order chi connectivity index (χ0) is 18.5. The fourth-order valence-electron chi connectivity index (χ4n) is 2.39. The second kappa shape index (κ2) is 8.31. The van der Waals surface area contributed by atoms with E-state index in [0.29, 0.717) is 16.3 Å². The predicted molar refractivity (Wildman–Crippen MR) is 98.3 cm³/mol. The number of benzene rings is 1. The fraction of sp³-hybridized carbons (Fsp3) is 0.316. The Morgan fingerprint density at radius 1 is 1.27 bits per heavy atom. The van der Waals surface area contributed by atoms with E-state index >= 15 is 0 Å². The fourth-order valence-corrected chi connectivity index (χ4v) is 3.34. The summed E-state index contributed by atoms with van der Waals surface area (Å²) < 4.78 is 13.0. The Morgan fingerprint density at radius 2 is 2.00 bits per heavy atom. The van der Waals surface area contributed by atoms with Crippen molar-refractivity contribution in [3.63, 3.8) is 0 Å². The molecule has 1 saturated carbocycles. The molecule has 26 heavy (non-hydrogen) atoms. The van der Waals surface area contributed by atoms with Crippen molar-refractivity contribution in [2.24, 2.45) is 0 Å². The standard InChI is InChI=1S/C19H20FN3O2S/c1-23(11-17(24)22-15-8-9-15)19(25)16-3-2-10-21-18(16)26-12-13-4-6-14(20)7-5-13/h2-7,10,15H,8-9,11-12H2,1H3,(H,22,24). The topological polar surface area (TPSA) is 62.3 Å². The highest BCUT2D eigenvalue weighted by Crippen LogP contribution is 2.25. The summed E-state index contributed by atoms with van der Waals surface area (Å²) in [7, 11) is 1.61. The van der Waals surface area contributed by atoms with Crippen LogP contribution in [-0.4, -0.2) is 41.3 Å². The van der Waals surface area contributed by atoms with E-state index in [0.717, 1.165) is 18.4 Å². The number of amides is 2. The van der Waals surface area contributed by atoms with Crippen molar-refractivity contribution in [1.82, 2.24) is 15.2 Å². The molecule has 0 saturated heterocycles. The first-order chi connectivity index (χ1) is 12.5. The van der Waals surface area contributed by atoms with Crippen LogP contribution in [0.4, 0.5) is 4.39 Å². The van der Waals surface area contributed by atoms with Gasteiger partial charge in [-0.25, -0.2) is 9.37 Å². The Hall–Kier alpha value is -2.41. The van der Waals surface area contributed by atoms with Gasteiger partial charge in [0.15, 0.2) is 0 Å². The number of hydrogen-bond donors (Lipinski definition) is 1. The van der Waals surface area contributed by atoms with E-state index in [1.165, 1.54) is 28.8 Å². The molecular weight excluding hydrogens is 353 g/mol. The van der Waals surface area contributed by atoms with Gasteiger partial charge in [0, 0.05) is 25.0 Å². The highest BCUT2D eigenvalue weighted by molar-refractivity contribution is 7.98. The maximum absolute atomic E-state index is 13.0. The van der Waals surface area contributed by atoms with Crippen LogP contribution in [0.15, 0.2) is 47.6 Å². The van der Waals surface area contributed by atoms with Crippen molar-refractivity contribution in [3.8, 4) is 0 Å². The van der Waals surface area contributed by atoms with E-state index in [2.05, 4.69) is 10.3 Å². The molecule has 1 aliphatic carbocycles. The SMILES string of the molecule is CN(CC(=O)NC1CC1)C(=O)c1cccnc1SCc1ccc(F)cc1. The third kappa shape index (κ3) is 5.05. The van der Waals surface area contributed by atoms with Gasteiger partial charge < -0.3 is 10.2 Å². The largest absolute Gasteiger partial charge is 0.352 e. The van der Waals surface area contributed by atoms with E-state index in [1.54, 1.807) is 37.5 Å².